The van der Waals surface area contributed by atoms with Crippen LogP contribution >= 0.6 is 0 Å². The van der Waals surface area contributed by atoms with Gasteiger partial charge in [0.1, 0.15) is 6.54 Å². The molecule has 0 aliphatic heterocycles. The third-order valence-electron chi connectivity index (χ3n) is 4.19. The summed E-state index contributed by atoms with van der Waals surface area (Å²) in [4.78, 5) is 36.5. The summed E-state index contributed by atoms with van der Waals surface area (Å²) in [5.74, 6) is -1.60. The molecule has 3 rings (SSSR count). The second-order valence-corrected chi connectivity index (χ2v) is 5.97. The van der Waals surface area contributed by atoms with Gasteiger partial charge in [-0.3, -0.25) is 14.2 Å². The number of ether oxygens (including phenoxy) is 1. The van der Waals surface area contributed by atoms with E-state index in [0.29, 0.717) is 16.7 Å². The largest absolute Gasteiger partial charge is 0.453 e. The predicted molar refractivity (Wildman–Crippen MR) is 96.2 cm³/mol. The van der Waals surface area contributed by atoms with Crippen molar-refractivity contribution < 1.29 is 18.7 Å². The maximum Gasteiger partial charge on any atom is 0.420 e. The van der Waals surface area contributed by atoms with E-state index >= 15 is 0 Å². The summed E-state index contributed by atoms with van der Waals surface area (Å²) in [6.45, 7) is 3.23. The van der Waals surface area contributed by atoms with Crippen LogP contribution < -0.4 is 5.76 Å². The Kier molecular flexibility index (Phi) is 5.02. The van der Waals surface area contributed by atoms with Crippen LogP contribution in [0.5, 0.6) is 0 Å². The summed E-state index contributed by atoms with van der Waals surface area (Å²) < 4.78 is 11.5. The van der Waals surface area contributed by atoms with E-state index in [1.165, 1.54) is 11.5 Å². The van der Waals surface area contributed by atoms with Crippen LogP contribution in [0.25, 0.3) is 11.1 Å². The van der Waals surface area contributed by atoms with Crippen molar-refractivity contribution in [2.45, 2.75) is 32.9 Å². The molecule has 0 fully saturated rings. The van der Waals surface area contributed by atoms with E-state index in [4.69, 9.17) is 9.15 Å². The lowest BCUT2D eigenvalue weighted by Gasteiger charge is -2.12. The van der Waals surface area contributed by atoms with Gasteiger partial charge in [-0.15, -0.1) is 0 Å². The highest BCUT2D eigenvalue weighted by molar-refractivity contribution is 6.00. The molecule has 2 aromatic carbocycles. The number of esters is 1. The number of benzene rings is 2. The first-order valence-corrected chi connectivity index (χ1v) is 8.40. The first kappa shape index (κ1) is 17.7. The summed E-state index contributed by atoms with van der Waals surface area (Å²) in [6, 6.07) is 14.0. The molecule has 26 heavy (non-hydrogen) atoms. The lowest BCUT2D eigenvalue weighted by atomic mass is 10.0. The van der Waals surface area contributed by atoms with Gasteiger partial charge in [0.05, 0.1) is 5.52 Å². The normalized spacial score (nSPS) is 12.1. The minimum atomic E-state index is -0.941. The van der Waals surface area contributed by atoms with Gasteiger partial charge in [0.25, 0.3) is 0 Å². The fourth-order valence-corrected chi connectivity index (χ4v) is 2.72. The quantitative estimate of drug-likeness (QED) is 0.503. The summed E-state index contributed by atoms with van der Waals surface area (Å²) in [6.07, 6.45) is -0.0595. The minimum Gasteiger partial charge on any atom is -0.453 e. The number of ketones is 1. The van der Waals surface area contributed by atoms with Gasteiger partial charge in [0.15, 0.2) is 11.7 Å². The van der Waals surface area contributed by atoms with Crippen LogP contribution in [0, 0.1) is 0 Å². The third-order valence-corrected chi connectivity index (χ3v) is 4.19. The zero-order valence-electron chi connectivity index (χ0n) is 14.6. The molecule has 0 bridgehead atoms. The molecular formula is C20H19NO5. The lowest BCUT2D eigenvalue weighted by molar-refractivity contribution is -0.147. The lowest BCUT2D eigenvalue weighted by Crippen LogP contribution is -2.28. The van der Waals surface area contributed by atoms with Crippen LogP contribution in [0.3, 0.4) is 0 Å². The molecule has 1 atom stereocenters. The van der Waals surface area contributed by atoms with E-state index in [1.807, 2.05) is 19.1 Å². The molecule has 1 heterocycles. The first-order chi connectivity index (χ1) is 12.5. The number of aryl methyl sites for hydroxylation is 1. The summed E-state index contributed by atoms with van der Waals surface area (Å²) >= 11 is 0. The number of nitrogens with zero attached hydrogens (tertiary/aromatic N) is 1. The standard InChI is InChI=1S/C20H19NO5/c1-3-14-8-10-15(11-9-14)19(23)13(2)25-18(22)12-21-16-6-4-5-7-17(16)26-20(21)24/h4-11,13H,3,12H2,1-2H3. The van der Waals surface area contributed by atoms with E-state index < -0.39 is 17.8 Å². The van der Waals surface area contributed by atoms with E-state index in [2.05, 4.69) is 0 Å². The third kappa shape index (κ3) is 3.59. The Hall–Kier alpha value is -3.15. The fourth-order valence-electron chi connectivity index (χ4n) is 2.72. The van der Waals surface area contributed by atoms with Crippen molar-refractivity contribution >= 4 is 22.9 Å². The highest BCUT2D eigenvalue weighted by Crippen LogP contribution is 2.13. The van der Waals surface area contributed by atoms with Crippen molar-refractivity contribution in [2.75, 3.05) is 0 Å². The van der Waals surface area contributed by atoms with Gasteiger partial charge in [-0.05, 0) is 31.0 Å². The van der Waals surface area contributed by atoms with Crippen LogP contribution in [-0.2, 0) is 22.5 Å². The monoisotopic (exact) mass is 353 g/mol. The molecule has 6 nitrogen and oxygen atoms in total. The van der Waals surface area contributed by atoms with Crippen molar-refractivity contribution in [2.24, 2.45) is 0 Å². The van der Waals surface area contributed by atoms with E-state index in [0.717, 1.165) is 12.0 Å². The number of Topliss-reactive ketones (excluding diaryl/α,β-unsaturated/α-hetero) is 1. The highest BCUT2D eigenvalue weighted by atomic mass is 16.5. The Morgan fingerprint density at radius 1 is 1.12 bits per heavy atom. The second kappa shape index (κ2) is 7.39. The Morgan fingerprint density at radius 3 is 2.50 bits per heavy atom. The van der Waals surface area contributed by atoms with Crippen molar-refractivity contribution in [1.82, 2.24) is 4.57 Å². The Balaban J connectivity index is 1.69. The van der Waals surface area contributed by atoms with Crippen molar-refractivity contribution in [1.29, 1.82) is 0 Å². The zero-order chi connectivity index (χ0) is 18.7. The molecule has 0 saturated carbocycles. The number of fused-ring (bicyclic) bond motifs is 1. The Bertz CT molecular complexity index is 997. The Morgan fingerprint density at radius 2 is 1.81 bits per heavy atom. The molecule has 6 heteroatoms. The van der Waals surface area contributed by atoms with Gasteiger partial charge in [0.2, 0.25) is 5.78 Å². The summed E-state index contributed by atoms with van der Waals surface area (Å²) in [7, 11) is 0. The number of carbonyl (C=O) groups excluding carboxylic acids is 2. The second-order valence-electron chi connectivity index (χ2n) is 5.97. The Labute approximate surface area is 150 Å². The van der Waals surface area contributed by atoms with Crippen LogP contribution in [0.1, 0.15) is 29.8 Å². The summed E-state index contributed by atoms with van der Waals surface area (Å²) in [5, 5.41) is 0. The summed E-state index contributed by atoms with van der Waals surface area (Å²) in [5.41, 5.74) is 2.50. The zero-order valence-corrected chi connectivity index (χ0v) is 14.6. The maximum absolute atomic E-state index is 12.4. The molecule has 1 aromatic heterocycles. The van der Waals surface area contributed by atoms with Crippen LogP contribution in [0.2, 0.25) is 0 Å². The van der Waals surface area contributed by atoms with Gasteiger partial charge in [-0.1, -0.05) is 43.3 Å². The van der Waals surface area contributed by atoms with Crippen molar-refractivity contribution in [3.05, 3.63) is 70.2 Å². The average Bonchev–Trinajstić information content (AvgIpc) is 2.96. The van der Waals surface area contributed by atoms with E-state index in [-0.39, 0.29) is 12.3 Å². The van der Waals surface area contributed by atoms with Crippen molar-refractivity contribution in [3.8, 4) is 0 Å². The van der Waals surface area contributed by atoms with Gasteiger partial charge in [0, 0.05) is 5.56 Å². The number of carbonyl (C=O) groups is 2. The van der Waals surface area contributed by atoms with Gasteiger partial charge in [-0.2, -0.15) is 0 Å². The molecule has 0 spiro atoms. The van der Waals surface area contributed by atoms with Crippen LogP contribution in [0.4, 0.5) is 0 Å². The molecule has 1 unspecified atom stereocenters. The minimum absolute atomic E-state index is 0.287. The number of aromatic nitrogens is 1. The van der Waals surface area contributed by atoms with E-state index in [9.17, 15) is 14.4 Å². The smallest absolute Gasteiger partial charge is 0.420 e. The predicted octanol–water partition coefficient (Wildman–Crippen LogP) is 2.97. The van der Waals surface area contributed by atoms with Crippen LogP contribution in [0.15, 0.2) is 57.7 Å². The number of para-hydroxylation sites is 2. The van der Waals surface area contributed by atoms with Gasteiger partial charge >= 0.3 is 11.7 Å². The molecular weight excluding hydrogens is 334 g/mol. The number of hydrogen-bond acceptors (Lipinski definition) is 5. The van der Waals surface area contributed by atoms with Crippen molar-refractivity contribution in [3.63, 3.8) is 0 Å². The number of oxazole rings is 1. The average molecular weight is 353 g/mol. The molecule has 0 aliphatic rings. The first-order valence-electron chi connectivity index (χ1n) is 8.40. The SMILES string of the molecule is CCc1ccc(C(=O)C(C)OC(=O)Cn2c(=O)oc3ccccc32)cc1. The maximum atomic E-state index is 12.4. The van der Waals surface area contributed by atoms with Crippen LogP contribution in [-0.4, -0.2) is 22.4 Å². The molecule has 3 aromatic rings. The van der Waals surface area contributed by atoms with Gasteiger partial charge < -0.3 is 9.15 Å². The number of rotatable bonds is 6. The van der Waals surface area contributed by atoms with E-state index in [1.54, 1.807) is 36.4 Å². The highest BCUT2D eigenvalue weighted by Gasteiger charge is 2.21. The fraction of sp³-hybridized carbons (Fsp3) is 0.250. The topological polar surface area (TPSA) is 78.5 Å². The molecule has 0 amide bonds. The molecule has 0 N–H and O–H groups in total. The number of hydrogen-bond donors (Lipinski definition) is 0. The van der Waals surface area contributed by atoms with Gasteiger partial charge in [-0.25, -0.2) is 4.79 Å². The molecule has 0 saturated heterocycles. The molecule has 134 valence electrons. The molecule has 0 radical (unpaired) electrons. The molecule has 0 aliphatic carbocycles.